The predicted octanol–water partition coefficient (Wildman–Crippen LogP) is 3.37. The molecule has 1 atom stereocenters. The Labute approximate surface area is 113 Å². The Morgan fingerprint density at radius 2 is 2.00 bits per heavy atom. The van der Waals surface area contributed by atoms with E-state index in [2.05, 4.69) is 0 Å². The molecule has 1 saturated heterocycles. The van der Waals surface area contributed by atoms with Gasteiger partial charge < -0.3 is 9.47 Å². The summed E-state index contributed by atoms with van der Waals surface area (Å²) in [5.74, 6) is 0.943. The largest absolute Gasteiger partial charge is 0.490 e. The first-order valence-corrected chi connectivity index (χ1v) is 7.13. The van der Waals surface area contributed by atoms with E-state index in [1.54, 1.807) is 0 Å². The van der Waals surface area contributed by atoms with Gasteiger partial charge in [-0.3, -0.25) is 4.79 Å². The summed E-state index contributed by atoms with van der Waals surface area (Å²) in [6.45, 7) is 2.59. The number of ether oxygens (including phenoxy) is 2. The van der Waals surface area contributed by atoms with Crippen LogP contribution in [0.2, 0.25) is 0 Å². The Balaban J connectivity index is 1.71. The molecule has 3 heteroatoms. The number of carbonyl (C=O) groups is 1. The molecule has 1 heterocycles. The highest BCUT2D eigenvalue weighted by atomic mass is 16.5. The molecule has 0 radical (unpaired) electrons. The van der Waals surface area contributed by atoms with Gasteiger partial charge in [0.05, 0.1) is 6.10 Å². The molecule has 102 valence electrons. The minimum atomic E-state index is -0.642. The molecule has 19 heavy (non-hydrogen) atoms. The molecule has 2 aliphatic rings. The van der Waals surface area contributed by atoms with Crippen LogP contribution < -0.4 is 4.74 Å². The van der Waals surface area contributed by atoms with Crippen molar-refractivity contribution in [3.8, 4) is 5.75 Å². The zero-order valence-corrected chi connectivity index (χ0v) is 11.4. The fourth-order valence-corrected chi connectivity index (χ4v) is 2.48. The van der Waals surface area contributed by atoms with Crippen molar-refractivity contribution in [2.75, 3.05) is 6.61 Å². The average molecular weight is 260 g/mol. The summed E-state index contributed by atoms with van der Waals surface area (Å²) in [7, 11) is 0. The maximum Gasteiger partial charge on any atom is 0.194 e. The monoisotopic (exact) mass is 260 g/mol. The summed E-state index contributed by atoms with van der Waals surface area (Å²) in [5, 5.41) is 0. The van der Waals surface area contributed by atoms with Crippen LogP contribution in [-0.4, -0.2) is 24.1 Å². The second-order valence-corrected chi connectivity index (χ2v) is 5.71. The fraction of sp³-hybridized carbons (Fsp3) is 0.562. The highest BCUT2D eigenvalue weighted by Gasteiger charge is 2.36. The van der Waals surface area contributed by atoms with E-state index in [0.29, 0.717) is 18.3 Å². The van der Waals surface area contributed by atoms with Gasteiger partial charge in [0.15, 0.2) is 5.78 Å². The lowest BCUT2D eigenvalue weighted by Gasteiger charge is -2.32. The van der Waals surface area contributed by atoms with Crippen LogP contribution in [0.4, 0.5) is 0 Å². The summed E-state index contributed by atoms with van der Waals surface area (Å²) >= 11 is 0. The van der Waals surface area contributed by atoms with Crippen LogP contribution in [0.3, 0.4) is 0 Å². The minimum Gasteiger partial charge on any atom is -0.490 e. The molecule has 3 nitrogen and oxygen atoms in total. The number of hydrogen-bond acceptors (Lipinski definition) is 3. The van der Waals surface area contributed by atoms with Gasteiger partial charge in [-0.1, -0.05) is 0 Å². The smallest absolute Gasteiger partial charge is 0.194 e. The molecular weight excluding hydrogens is 240 g/mol. The first kappa shape index (κ1) is 12.7. The van der Waals surface area contributed by atoms with Crippen molar-refractivity contribution < 1.29 is 14.3 Å². The zero-order chi connectivity index (χ0) is 13.3. The van der Waals surface area contributed by atoms with Crippen molar-refractivity contribution in [2.24, 2.45) is 0 Å². The van der Waals surface area contributed by atoms with Crippen LogP contribution in [0.5, 0.6) is 5.75 Å². The summed E-state index contributed by atoms with van der Waals surface area (Å²) in [4.78, 5) is 12.5. The quantitative estimate of drug-likeness (QED) is 0.779. The molecule has 0 aromatic heterocycles. The lowest BCUT2D eigenvalue weighted by Crippen LogP contribution is -2.41. The number of carbonyl (C=O) groups excluding carboxylic acids is 1. The maximum absolute atomic E-state index is 12.5. The van der Waals surface area contributed by atoms with Crippen LogP contribution in [0, 0.1) is 0 Å². The molecule has 1 aromatic rings. The van der Waals surface area contributed by atoms with E-state index in [4.69, 9.17) is 9.47 Å². The SMILES string of the molecule is CC1(C(=O)c2ccc(OC3CC3)cc2)CCCCO1. The lowest BCUT2D eigenvalue weighted by atomic mass is 9.88. The van der Waals surface area contributed by atoms with Crippen molar-refractivity contribution in [3.05, 3.63) is 29.8 Å². The summed E-state index contributed by atoms with van der Waals surface area (Å²) in [6.07, 6.45) is 5.61. The molecule has 2 fully saturated rings. The van der Waals surface area contributed by atoms with E-state index < -0.39 is 5.60 Å². The topological polar surface area (TPSA) is 35.5 Å². The standard InChI is InChI=1S/C16H20O3/c1-16(10-2-3-11-18-16)15(17)12-4-6-13(7-5-12)19-14-8-9-14/h4-7,14H,2-3,8-11H2,1H3. The molecule has 1 aromatic carbocycles. The molecule has 0 spiro atoms. The van der Waals surface area contributed by atoms with E-state index in [1.807, 2.05) is 31.2 Å². The van der Waals surface area contributed by atoms with Crippen molar-refractivity contribution >= 4 is 5.78 Å². The van der Waals surface area contributed by atoms with E-state index in [1.165, 1.54) is 0 Å². The van der Waals surface area contributed by atoms with Gasteiger partial charge in [-0.05, 0) is 63.3 Å². The molecule has 1 unspecified atom stereocenters. The van der Waals surface area contributed by atoms with Gasteiger partial charge in [0.25, 0.3) is 0 Å². The molecular formula is C16H20O3. The van der Waals surface area contributed by atoms with E-state index in [0.717, 1.165) is 37.9 Å². The zero-order valence-electron chi connectivity index (χ0n) is 11.4. The second kappa shape index (κ2) is 4.97. The van der Waals surface area contributed by atoms with Crippen LogP contribution in [0.25, 0.3) is 0 Å². The molecule has 0 amide bonds. The Morgan fingerprint density at radius 1 is 1.26 bits per heavy atom. The van der Waals surface area contributed by atoms with Crippen molar-refractivity contribution in [1.82, 2.24) is 0 Å². The molecule has 1 aliphatic carbocycles. The molecule has 1 saturated carbocycles. The van der Waals surface area contributed by atoms with Gasteiger partial charge >= 0.3 is 0 Å². The lowest BCUT2D eigenvalue weighted by molar-refractivity contribution is -0.0426. The summed E-state index contributed by atoms with van der Waals surface area (Å²) < 4.78 is 11.4. The third-order valence-corrected chi connectivity index (χ3v) is 3.89. The minimum absolute atomic E-state index is 0.0881. The number of rotatable bonds is 4. The number of ketones is 1. The van der Waals surface area contributed by atoms with E-state index in [9.17, 15) is 4.79 Å². The highest BCUT2D eigenvalue weighted by molar-refractivity contribution is 6.02. The third-order valence-electron chi connectivity index (χ3n) is 3.89. The first-order valence-electron chi connectivity index (χ1n) is 7.13. The Hall–Kier alpha value is -1.35. The van der Waals surface area contributed by atoms with Gasteiger partial charge in [0.2, 0.25) is 0 Å². The first-order chi connectivity index (χ1) is 9.17. The number of hydrogen-bond donors (Lipinski definition) is 0. The van der Waals surface area contributed by atoms with Crippen LogP contribution in [0.1, 0.15) is 49.4 Å². The van der Waals surface area contributed by atoms with E-state index in [-0.39, 0.29) is 5.78 Å². The molecule has 1 aliphatic heterocycles. The third kappa shape index (κ3) is 2.81. The maximum atomic E-state index is 12.5. The van der Waals surface area contributed by atoms with Crippen LogP contribution in [0.15, 0.2) is 24.3 Å². The average Bonchev–Trinajstić information content (AvgIpc) is 3.24. The molecule has 3 rings (SSSR count). The van der Waals surface area contributed by atoms with Gasteiger partial charge in [-0.15, -0.1) is 0 Å². The van der Waals surface area contributed by atoms with Gasteiger partial charge in [0.1, 0.15) is 11.4 Å². The fourth-order valence-electron chi connectivity index (χ4n) is 2.48. The Kier molecular flexibility index (Phi) is 3.31. The predicted molar refractivity (Wildman–Crippen MR) is 72.6 cm³/mol. The van der Waals surface area contributed by atoms with Gasteiger partial charge in [-0.25, -0.2) is 0 Å². The van der Waals surface area contributed by atoms with Gasteiger partial charge in [-0.2, -0.15) is 0 Å². The van der Waals surface area contributed by atoms with Crippen LogP contribution >= 0.6 is 0 Å². The van der Waals surface area contributed by atoms with Gasteiger partial charge in [0, 0.05) is 12.2 Å². The van der Waals surface area contributed by atoms with Crippen molar-refractivity contribution in [3.63, 3.8) is 0 Å². The van der Waals surface area contributed by atoms with Crippen molar-refractivity contribution in [2.45, 2.75) is 50.7 Å². The normalized spacial score (nSPS) is 27.0. The van der Waals surface area contributed by atoms with Crippen molar-refractivity contribution in [1.29, 1.82) is 0 Å². The second-order valence-electron chi connectivity index (χ2n) is 5.71. The Morgan fingerprint density at radius 3 is 2.58 bits per heavy atom. The summed E-state index contributed by atoms with van der Waals surface area (Å²) in [6, 6.07) is 7.47. The van der Waals surface area contributed by atoms with Crippen LogP contribution in [-0.2, 0) is 4.74 Å². The molecule has 0 bridgehead atoms. The Bertz CT molecular complexity index is 453. The number of Topliss-reactive ketones (excluding diaryl/α,β-unsaturated/α-hetero) is 1. The highest BCUT2D eigenvalue weighted by Crippen LogP contribution is 2.30. The number of benzene rings is 1. The summed E-state index contributed by atoms with van der Waals surface area (Å²) in [5.41, 5.74) is 0.0736. The van der Waals surface area contributed by atoms with E-state index >= 15 is 0 Å². The molecule has 0 N–H and O–H groups in total.